The van der Waals surface area contributed by atoms with E-state index in [0.717, 1.165) is 16.8 Å². The van der Waals surface area contributed by atoms with Gasteiger partial charge >= 0.3 is 0 Å². The van der Waals surface area contributed by atoms with Gasteiger partial charge in [0.2, 0.25) is 5.95 Å². The number of phenols is 1. The molecule has 0 aliphatic carbocycles. The van der Waals surface area contributed by atoms with Gasteiger partial charge in [0.15, 0.2) is 0 Å². The summed E-state index contributed by atoms with van der Waals surface area (Å²) < 4.78 is 0. The zero-order valence-electron chi connectivity index (χ0n) is 11.3. The highest BCUT2D eigenvalue weighted by Crippen LogP contribution is 2.29. The second-order valence-electron chi connectivity index (χ2n) is 4.57. The highest BCUT2D eigenvalue weighted by molar-refractivity contribution is 6.33. The van der Waals surface area contributed by atoms with Crippen LogP contribution in [-0.2, 0) is 0 Å². The lowest BCUT2D eigenvalue weighted by atomic mass is 10.1. The van der Waals surface area contributed by atoms with Crippen LogP contribution in [0.15, 0.2) is 54.9 Å². The minimum absolute atomic E-state index is 0.0254. The number of phenolic OH excluding ortho intramolecular Hbond substituents is 1. The van der Waals surface area contributed by atoms with Crippen molar-refractivity contribution >= 4 is 34.8 Å². The van der Waals surface area contributed by atoms with Gasteiger partial charge in [-0.25, -0.2) is 9.97 Å². The smallest absolute Gasteiger partial charge is 0.227 e. The van der Waals surface area contributed by atoms with Crippen LogP contribution < -0.4 is 5.32 Å². The molecule has 0 unspecified atom stereocenters. The molecular formula is C16H11Cl2N3O. The summed E-state index contributed by atoms with van der Waals surface area (Å²) in [4.78, 5) is 8.50. The maximum absolute atomic E-state index is 9.64. The van der Waals surface area contributed by atoms with Crippen LogP contribution in [0.3, 0.4) is 0 Å². The highest BCUT2D eigenvalue weighted by atomic mass is 35.5. The third kappa shape index (κ3) is 3.13. The van der Waals surface area contributed by atoms with Crippen LogP contribution in [-0.4, -0.2) is 15.1 Å². The van der Waals surface area contributed by atoms with Crippen LogP contribution in [0.2, 0.25) is 10.0 Å². The van der Waals surface area contributed by atoms with Gasteiger partial charge < -0.3 is 10.4 Å². The Labute approximate surface area is 137 Å². The van der Waals surface area contributed by atoms with E-state index < -0.39 is 0 Å². The number of rotatable bonds is 3. The molecule has 0 bridgehead atoms. The first-order valence-electron chi connectivity index (χ1n) is 6.46. The first kappa shape index (κ1) is 14.6. The summed E-state index contributed by atoms with van der Waals surface area (Å²) >= 11 is 11.9. The Morgan fingerprint density at radius 2 is 1.59 bits per heavy atom. The van der Waals surface area contributed by atoms with E-state index in [4.69, 9.17) is 23.2 Å². The maximum atomic E-state index is 9.64. The minimum atomic E-state index is 0.0254. The van der Waals surface area contributed by atoms with Crippen molar-refractivity contribution in [2.45, 2.75) is 0 Å². The predicted molar refractivity (Wildman–Crippen MR) is 88.9 cm³/mol. The lowest BCUT2D eigenvalue weighted by molar-refractivity contribution is 0.476. The number of benzene rings is 2. The molecule has 0 amide bonds. The second kappa shape index (κ2) is 6.22. The largest absolute Gasteiger partial charge is 0.506 e. The third-order valence-corrected chi connectivity index (χ3v) is 3.70. The van der Waals surface area contributed by atoms with Gasteiger partial charge in [-0.1, -0.05) is 41.4 Å². The van der Waals surface area contributed by atoms with Crippen LogP contribution in [0.4, 0.5) is 11.6 Å². The number of nitrogens with one attached hydrogen (secondary N) is 1. The van der Waals surface area contributed by atoms with Crippen LogP contribution in [0.25, 0.3) is 11.1 Å². The second-order valence-corrected chi connectivity index (χ2v) is 5.38. The normalized spacial score (nSPS) is 10.5. The van der Waals surface area contributed by atoms with Crippen molar-refractivity contribution in [3.05, 3.63) is 64.9 Å². The van der Waals surface area contributed by atoms with E-state index in [1.165, 1.54) is 0 Å². The van der Waals surface area contributed by atoms with Gasteiger partial charge in [-0.3, -0.25) is 0 Å². The Kier molecular flexibility index (Phi) is 4.13. The van der Waals surface area contributed by atoms with Crippen LogP contribution >= 0.6 is 23.2 Å². The molecule has 0 atom stereocenters. The summed E-state index contributed by atoms with van der Waals surface area (Å²) in [6.45, 7) is 0. The van der Waals surface area contributed by atoms with Gasteiger partial charge in [-0.05, 0) is 29.8 Å². The monoisotopic (exact) mass is 331 g/mol. The average Bonchev–Trinajstić information content (AvgIpc) is 2.53. The number of nitrogens with zero attached hydrogens (tertiary/aromatic N) is 2. The standard InChI is InChI=1S/C16H11Cl2N3O/c17-12-3-1-2-4-14(12)21-16-19-8-11(9-20-16)10-5-6-13(18)15(22)7-10/h1-9,22H,(H,19,20,21). The molecule has 3 rings (SSSR count). The molecule has 0 saturated heterocycles. The number of aromatic hydroxyl groups is 1. The van der Waals surface area contributed by atoms with Crippen molar-refractivity contribution in [1.82, 2.24) is 9.97 Å². The quantitative estimate of drug-likeness (QED) is 0.716. The van der Waals surface area contributed by atoms with Crippen LogP contribution in [0, 0.1) is 0 Å². The predicted octanol–water partition coefficient (Wildman–Crippen LogP) is 4.90. The number of hydrogen-bond acceptors (Lipinski definition) is 4. The fourth-order valence-electron chi connectivity index (χ4n) is 1.92. The molecule has 0 fully saturated rings. The molecule has 0 aliphatic heterocycles. The van der Waals surface area contributed by atoms with Crippen molar-refractivity contribution in [3.8, 4) is 16.9 Å². The molecule has 0 radical (unpaired) electrons. The van der Waals surface area contributed by atoms with E-state index in [2.05, 4.69) is 15.3 Å². The lowest BCUT2D eigenvalue weighted by Gasteiger charge is -2.07. The van der Waals surface area contributed by atoms with Gasteiger partial charge in [-0.15, -0.1) is 0 Å². The molecule has 0 spiro atoms. The Hall–Kier alpha value is -2.30. The third-order valence-electron chi connectivity index (χ3n) is 3.05. The molecule has 0 aliphatic rings. The minimum Gasteiger partial charge on any atom is -0.506 e. The highest BCUT2D eigenvalue weighted by Gasteiger charge is 2.05. The Morgan fingerprint density at radius 1 is 0.864 bits per heavy atom. The number of aromatic nitrogens is 2. The van der Waals surface area contributed by atoms with E-state index in [1.54, 1.807) is 36.7 Å². The van der Waals surface area contributed by atoms with Gasteiger partial charge in [0, 0.05) is 18.0 Å². The maximum Gasteiger partial charge on any atom is 0.227 e. The molecule has 6 heteroatoms. The first-order chi connectivity index (χ1) is 10.6. The van der Waals surface area contributed by atoms with Crippen molar-refractivity contribution in [3.63, 3.8) is 0 Å². The summed E-state index contributed by atoms with van der Waals surface area (Å²) in [5, 5.41) is 13.6. The SMILES string of the molecule is Oc1cc(-c2cnc(Nc3ccccc3Cl)nc2)ccc1Cl. The van der Waals surface area contributed by atoms with E-state index in [0.29, 0.717) is 16.0 Å². The summed E-state index contributed by atoms with van der Waals surface area (Å²) in [5.74, 6) is 0.465. The Balaban J connectivity index is 1.83. The molecule has 0 saturated carbocycles. The molecule has 1 heterocycles. The molecular weight excluding hydrogens is 321 g/mol. The van der Waals surface area contributed by atoms with Gasteiger partial charge in [0.1, 0.15) is 5.75 Å². The van der Waals surface area contributed by atoms with Crippen LogP contribution in [0.5, 0.6) is 5.75 Å². The summed E-state index contributed by atoms with van der Waals surface area (Å²) in [7, 11) is 0. The fraction of sp³-hybridized carbons (Fsp3) is 0. The molecule has 110 valence electrons. The molecule has 2 N–H and O–H groups in total. The van der Waals surface area contributed by atoms with E-state index in [9.17, 15) is 5.11 Å². The Bertz CT molecular complexity index is 807. The first-order valence-corrected chi connectivity index (χ1v) is 7.21. The number of hydrogen-bond donors (Lipinski definition) is 2. The fourth-order valence-corrected chi connectivity index (χ4v) is 2.22. The van der Waals surface area contributed by atoms with Crippen LogP contribution in [0.1, 0.15) is 0 Å². The molecule has 3 aromatic rings. The zero-order valence-corrected chi connectivity index (χ0v) is 12.8. The Morgan fingerprint density at radius 3 is 2.27 bits per heavy atom. The molecule has 4 nitrogen and oxygen atoms in total. The van der Waals surface area contributed by atoms with Crippen molar-refractivity contribution in [1.29, 1.82) is 0 Å². The molecule has 22 heavy (non-hydrogen) atoms. The van der Waals surface area contributed by atoms with Gasteiger partial charge in [0.05, 0.1) is 15.7 Å². The van der Waals surface area contributed by atoms with E-state index >= 15 is 0 Å². The van der Waals surface area contributed by atoms with Gasteiger partial charge in [0.25, 0.3) is 0 Å². The average molecular weight is 332 g/mol. The summed E-state index contributed by atoms with van der Waals surface area (Å²) in [6.07, 6.45) is 3.32. The molecule has 2 aromatic carbocycles. The molecule has 1 aromatic heterocycles. The number of para-hydroxylation sites is 1. The van der Waals surface area contributed by atoms with Crippen molar-refractivity contribution < 1.29 is 5.11 Å². The van der Waals surface area contributed by atoms with Gasteiger partial charge in [-0.2, -0.15) is 0 Å². The summed E-state index contributed by atoms with van der Waals surface area (Å²) in [5.41, 5.74) is 2.30. The van der Waals surface area contributed by atoms with E-state index in [1.807, 2.05) is 18.2 Å². The lowest BCUT2D eigenvalue weighted by Crippen LogP contribution is -1.97. The number of halogens is 2. The number of anilines is 2. The van der Waals surface area contributed by atoms with Crippen molar-refractivity contribution in [2.75, 3.05) is 5.32 Å². The zero-order chi connectivity index (χ0) is 15.5. The topological polar surface area (TPSA) is 58.0 Å². The summed E-state index contributed by atoms with van der Waals surface area (Å²) in [6, 6.07) is 12.3. The van der Waals surface area contributed by atoms with E-state index in [-0.39, 0.29) is 5.75 Å². The van der Waals surface area contributed by atoms with Crippen molar-refractivity contribution in [2.24, 2.45) is 0 Å².